The Hall–Kier alpha value is -3.42. The van der Waals surface area contributed by atoms with Crippen molar-refractivity contribution in [1.29, 1.82) is 0 Å². The number of hydrogen-bond donors (Lipinski definition) is 2. The second-order valence-corrected chi connectivity index (χ2v) is 4.64. The maximum absolute atomic E-state index is 11.8. The molecule has 24 heavy (non-hydrogen) atoms. The Morgan fingerprint density at radius 1 is 1.38 bits per heavy atom. The number of hydrogen-bond acceptors (Lipinski definition) is 6. The van der Waals surface area contributed by atoms with E-state index in [2.05, 4.69) is 10.5 Å². The number of nitrogens with one attached hydrogen (secondary N) is 1. The van der Waals surface area contributed by atoms with Gasteiger partial charge in [-0.15, -0.1) is 0 Å². The van der Waals surface area contributed by atoms with Gasteiger partial charge < -0.3 is 9.84 Å². The fourth-order valence-electron chi connectivity index (χ4n) is 1.90. The lowest BCUT2D eigenvalue weighted by molar-refractivity contribution is -0.385. The third kappa shape index (κ3) is 4.07. The summed E-state index contributed by atoms with van der Waals surface area (Å²) >= 11 is 0. The molecule has 0 aliphatic carbocycles. The van der Waals surface area contributed by atoms with Crippen molar-refractivity contribution in [2.45, 2.75) is 6.92 Å². The molecule has 0 radical (unpaired) electrons. The molecule has 0 unspecified atom stereocenters. The Labute approximate surface area is 137 Å². The SMILES string of the molecule is CCOc1cc([N+](=O)[O-])cc(/C=N/NC(=O)c2ccccc2)c1O. The van der Waals surface area contributed by atoms with Gasteiger partial charge in [0.25, 0.3) is 11.6 Å². The molecule has 0 spiro atoms. The zero-order valence-electron chi connectivity index (χ0n) is 12.8. The van der Waals surface area contributed by atoms with Crippen molar-refractivity contribution in [2.24, 2.45) is 5.10 Å². The first-order valence-electron chi connectivity index (χ1n) is 7.05. The number of nitrogens with zero attached hydrogens (tertiary/aromatic N) is 2. The number of nitro groups is 1. The fourth-order valence-corrected chi connectivity index (χ4v) is 1.90. The molecule has 0 heterocycles. The Kier molecular flexibility index (Phi) is 5.45. The second kappa shape index (κ2) is 7.73. The molecule has 0 atom stereocenters. The number of amides is 1. The Morgan fingerprint density at radius 2 is 2.08 bits per heavy atom. The summed E-state index contributed by atoms with van der Waals surface area (Å²) in [6, 6.07) is 10.7. The number of phenols is 1. The number of nitro benzene ring substituents is 1. The lowest BCUT2D eigenvalue weighted by atomic mass is 10.1. The average molecular weight is 329 g/mol. The molecule has 0 aromatic heterocycles. The third-order valence-electron chi connectivity index (χ3n) is 3.01. The number of non-ortho nitro benzene ring substituents is 1. The largest absolute Gasteiger partial charge is 0.504 e. The minimum absolute atomic E-state index is 0.0254. The number of rotatable bonds is 6. The van der Waals surface area contributed by atoms with Gasteiger partial charge in [-0.25, -0.2) is 5.43 Å². The molecule has 2 aromatic rings. The minimum Gasteiger partial charge on any atom is -0.504 e. The first-order valence-corrected chi connectivity index (χ1v) is 7.05. The number of carbonyl (C=O) groups excluding carboxylic acids is 1. The lowest BCUT2D eigenvalue weighted by Crippen LogP contribution is -2.17. The van der Waals surface area contributed by atoms with Crippen LogP contribution in [0.5, 0.6) is 11.5 Å². The molecule has 0 bridgehead atoms. The van der Waals surface area contributed by atoms with E-state index in [9.17, 15) is 20.0 Å². The standard InChI is InChI=1S/C16H15N3O5/c1-2-24-14-9-13(19(22)23)8-12(15(14)20)10-17-18-16(21)11-6-4-3-5-7-11/h3-10,20H,2H2,1H3,(H,18,21)/b17-10+. The molecule has 0 fully saturated rings. The van der Waals surface area contributed by atoms with E-state index in [1.807, 2.05) is 0 Å². The van der Waals surface area contributed by atoms with Crippen molar-refractivity contribution in [1.82, 2.24) is 5.43 Å². The Morgan fingerprint density at radius 3 is 2.71 bits per heavy atom. The third-order valence-corrected chi connectivity index (χ3v) is 3.01. The summed E-state index contributed by atoms with van der Waals surface area (Å²) in [5.74, 6) is -0.760. The molecular formula is C16H15N3O5. The van der Waals surface area contributed by atoms with Crippen LogP contribution in [-0.2, 0) is 0 Å². The second-order valence-electron chi connectivity index (χ2n) is 4.64. The van der Waals surface area contributed by atoms with Gasteiger partial charge in [-0.1, -0.05) is 18.2 Å². The molecule has 0 aliphatic heterocycles. The summed E-state index contributed by atoms with van der Waals surface area (Å²) in [4.78, 5) is 22.2. The van der Waals surface area contributed by atoms with E-state index in [0.717, 1.165) is 18.3 Å². The van der Waals surface area contributed by atoms with E-state index >= 15 is 0 Å². The number of ether oxygens (including phenoxy) is 1. The quantitative estimate of drug-likeness (QED) is 0.480. The number of benzene rings is 2. The van der Waals surface area contributed by atoms with Crippen molar-refractivity contribution in [3.8, 4) is 11.5 Å². The van der Waals surface area contributed by atoms with Crippen LogP contribution in [0.15, 0.2) is 47.6 Å². The van der Waals surface area contributed by atoms with Gasteiger partial charge in [0.15, 0.2) is 11.5 Å². The zero-order valence-corrected chi connectivity index (χ0v) is 12.8. The van der Waals surface area contributed by atoms with E-state index in [-0.39, 0.29) is 29.4 Å². The monoisotopic (exact) mass is 329 g/mol. The Bertz CT molecular complexity index is 775. The van der Waals surface area contributed by atoms with Gasteiger partial charge in [-0.3, -0.25) is 14.9 Å². The van der Waals surface area contributed by atoms with Crippen LogP contribution in [0.3, 0.4) is 0 Å². The molecule has 1 amide bonds. The highest BCUT2D eigenvalue weighted by Gasteiger charge is 2.16. The van der Waals surface area contributed by atoms with Gasteiger partial charge in [0.05, 0.1) is 23.8 Å². The van der Waals surface area contributed by atoms with Crippen LogP contribution < -0.4 is 10.2 Å². The highest BCUT2D eigenvalue weighted by Crippen LogP contribution is 2.33. The minimum atomic E-state index is -0.609. The van der Waals surface area contributed by atoms with Crippen LogP contribution in [0.4, 0.5) is 5.69 Å². The summed E-state index contributed by atoms with van der Waals surface area (Å²) in [7, 11) is 0. The van der Waals surface area contributed by atoms with E-state index in [4.69, 9.17) is 4.74 Å². The molecule has 2 N–H and O–H groups in total. The maximum atomic E-state index is 11.8. The molecular weight excluding hydrogens is 314 g/mol. The van der Waals surface area contributed by atoms with Crippen LogP contribution in [0, 0.1) is 10.1 Å². The van der Waals surface area contributed by atoms with Gasteiger partial charge in [-0.05, 0) is 19.1 Å². The molecule has 0 saturated carbocycles. The van der Waals surface area contributed by atoms with Crippen molar-refractivity contribution >= 4 is 17.8 Å². The summed E-state index contributed by atoms with van der Waals surface area (Å²) < 4.78 is 5.16. The lowest BCUT2D eigenvalue weighted by Gasteiger charge is -2.07. The number of aromatic hydroxyl groups is 1. The maximum Gasteiger partial charge on any atom is 0.274 e. The normalized spacial score (nSPS) is 10.5. The summed E-state index contributed by atoms with van der Waals surface area (Å²) in [5.41, 5.74) is 2.49. The highest BCUT2D eigenvalue weighted by atomic mass is 16.6. The molecule has 8 nitrogen and oxygen atoms in total. The predicted molar refractivity (Wildman–Crippen MR) is 87.4 cm³/mol. The van der Waals surface area contributed by atoms with Crippen molar-refractivity contribution < 1.29 is 19.6 Å². The van der Waals surface area contributed by atoms with Crippen LogP contribution in [0.25, 0.3) is 0 Å². The number of hydrazone groups is 1. The van der Waals surface area contributed by atoms with Crippen LogP contribution >= 0.6 is 0 Å². The fraction of sp³-hybridized carbons (Fsp3) is 0.125. The molecule has 2 rings (SSSR count). The highest BCUT2D eigenvalue weighted by molar-refractivity contribution is 5.95. The molecule has 8 heteroatoms. The summed E-state index contributed by atoms with van der Waals surface area (Å²) in [5, 5.41) is 24.7. The van der Waals surface area contributed by atoms with E-state index in [1.54, 1.807) is 37.3 Å². The van der Waals surface area contributed by atoms with Crippen molar-refractivity contribution in [2.75, 3.05) is 6.61 Å². The van der Waals surface area contributed by atoms with Gasteiger partial charge >= 0.3 is 0 Å². The molecule has 124 valence electrons. The molecule has 0 saturated heterocycles. The molecule has 2 aromatic carbocycles. The van der Waals surface area contributed by atoms with Crippen LogP contribution in [0.1, 0.15) is 22.8 Å². The first-order chi connectivity index (χ1) is 11.5. The van der Waals surface area contributed by atoms with Crippen LogP contribution in [0.2, 0.25) is 0 Å². The number of phenolic OH excluding ortho intramolecular Hbond substituents is 1. The average Bonchev–Trinajstić information content (AvgIpc) is 2.58. The number of carbonyl (C=O) groups is 1. The van der Waals surface area contributed by atoms with Gasteiger partial charge in [0.1, 0.15) is 0 Å². The van der Waals surface area contributed by atoms with Crippen molar-refractivity contribution in [3.63, 3.8) is 0 Å². The van der Waals surface area contributed by atoms with Gasteiger partial charge in [-0.2, -0.15) is 5.10 Å². The van der Waals surface area contributed by atoms with Crippen molar-refractivity contribution in [3.05, 3.63) is 63.7 Å². The van der Waals surface area contributed by atoms with E-state index in [1.165, 1.54) is 0 Å². The topological polar surface area (TPSA) is 114 Å². The first kappa shape index (κ1) is 16.9. The molecule has 0 aliphatic rings. The van der Waals surface area contributed by atoms with Crippen LogP contribution in [-0.4, -0.2) is 28.8 Å². The van der Waals surface area contributed by atoms with E-state index in [0.29, 0.717) is 5.56 Å². The van der Waals surface area contributed by atoms with Gasteiger partial charge in [0.2, 0.25) is 0 Å². The summed E-state index contributed by atoms with van der Waals surface area (Å²) in [6.07, 6.45) is 1.12. The summed E-state index contributed by atoms with van der Waals surface area (Å²) in [6.45, 7) is 1.92. The van der Waals surface area contributed by atoms with E-state index < -0.39 is 10.8 Å². The zero-order chi connectivity index (χ0) is 17.5. The smallest absolute Gasteiger partial charge is 0.274 e. The van der Waals surface area contributed by atoms with Gasteiger partial charge in [0, 0.05) is 17.2 Å². The predicted octanol–water partition coefficient (Wildman–Crippen LogP) is 2.46. The Balaban J connectivity index is 2.21.